The molecule has 2 aliphatic carbocycles. The zero-order chi connectivity index (χ0) is 15.4. The summed E-state index contributed by atoms with van der Waals surface area (Å²) in [6.07, 6.45) is 7.02. The monoisotopic (exact) mass is 324 g/mol. The van der Waals surface area contributed by atoms with Crippen LogP contribution in [0.25, 0.3) is 0 Å². The van der Waals surface area contributed by atoms with E-state index in [1.54, 1.807) is 0 Å². The molecule has 0 bridgehead atoms. The van der Waals surface area contributed by atoms with Crippen molar-refractivity contribution in [1.82, 2.24) is 15.1 Å². The fourth-order valence-corrected chi connectivity index (χ4v) is 4.48. The van der Waals surface area contributed by atoms with Crippen LogP contribution in [0.4, 0.5) is 0 Å². The average molecular weight is 325 g/mol. The Bertz CT molecular complexity index is 379. The van der Waals surface area contributed by atoms with Gasteiger partial charge in [0.15, 0.2) is 5.96 Å². The van der Waals surface area contributed by atoms with Crippen molar-refractivity contribution in [3.63, 3.8) is 0 Å². The van der Waals surface area contributed by atoms with Gasteiger partial charge in [0, 0.05) is 56.8 Å². The van der Waals surface area contributed by atoms with E-state index in [9.17, 15) is 0 Å². The second-order valence-electron chi connectivity index (χ2n) is 6.99. The van der Waals surface area contributed by atoms with Gasteiger partial charge in [-0.15, -0.1) is 0 Å². The highest BCUT2D eigenvalue weighted by molar-refractivity contribution is 8.00. The number of nitrogens with one attached hydrogen (secondary N) is 1. The molecule has 1 unspecified atom stereocenters. The van der Waals surface area contributed by atoms with Gasteiger partial charge in [-0.2, -0.15) is 11.8 Å². The zero-order valence-corrected chi connectivity index (χ0v) is 15.1. The molecule has 1 aliphatic heterocycles. The van der Waals surface area contributed by atoms with Crippen molar-refractivity contribution < 1.29 is 0 Å². The van der Waals surface area contributed by atoms with Crippen LogP contribution in [0, 0.1) is 5.92 Å². The molecule has 22 heavy (non-hydrogen) atoms. The molecule has 0 aromatic carbocycles. The van der Waals surface area contributed by atoms with E-state index in [0.717, 1.165) is 42.8 Å². The molecule has 1 atom stereocenters. The summed E-state index contributed by atoms with van der Waals surface area (Å²) in [5, 5.41) is 4.38. The first-order valence-electron chi connectivity index (χ1n) is 9.11. The largest absolute Gasteiger partial charge is 0.355 e. The van der Waals surface area contributed by atoms with Crippen LogP contribution in [0.15, 0.2) is 4.99 Å². The molecule has 4 nitrogen and oxygen atoms in total. The molecule has 3 rings (SSSR count). The Morgan fingerprint density at radius 1 is 1.32 bits per heavy atom. The van der Waals surface area contributed by atoms with Crippen molar-refractivity contribution in [3.05, 3.63) is 0 Å². The number of guanidine groups is 1. The Labute approximate surface area is 140 Å². The molecule has 1 heterocycles. The van der Waals surface area contributed by atoms with Gasteiger partial charge in [0.25, 0.3) is 0 Å². The van der Waals surface area contributed by atoms with E-state index < -0.39 is 0 Å². The van der Waals surface area contributed by atoms with Crippen LogP contribution in [0.2, 0.25) is 0 Å². The first-order valence-corrected chi connectivity index (χ1v) is 10.2. The van der Waals surface area contributed by atoms with Gasteiger partial charge in [0.2, 0.25) is 0 Å². The molecule has 3 aliphatic rings. The zero-order valence-electron chi connectivity index (χ0n) is 14.3. The Kier molecular flexibility index (Phi) is 5.91. The Morgan fingerprint density at radius 3 is 2.77 bits per heavy atom. The van der Waals surface area contributed by atoms with E-state index in [-0.39, 0.29) is 0 Å². The molecule has 0 spiro atoms. The second kappa shape index (κ2) is 7.91. The number of rotatable bonds is 7. The van der Waals surface area contributed by atoms with Crippen LogP contribution in [-0.2, 0) is 0 Å². The summed E-state index contributed by atoms with van der Waals surface area (Å²) in [5.74, 6) is 3.35. The number of hydrogen-bond acceptors (Lipinski definition) is 3. The molecule has 1 N–H and O–H groups in total. The summed E-state index contributed by atoms with van der Waals surface area (Å²) >= 11 is 2.12. The Morgan fingerprint density at radius 2 is 2.14 bits per heavy atom. The third kappa shape index (κ3) is 4.79. The van der Waals surface area contributed by atoms with Crippen molar-refractivity contribution in [2.75, 3.05) is 45.5 Å². The van der Waals surface area contributed by atoms with Crippen LogP contribution in [0.5, 0.6) is 0 Å². The fraction of sp³-hybridized carbons (Fsp3) is 0.941. The third-order valence-electron chi connectivity index (χ3n) is 5.04. The van der Waals surface area contributed by atoms with E-state index in [0.29, 0.717) is 0 Å². The quantitative estimate of drug-likeness (QED) is 0.575. The number of nitrogens with zero attached hydrogens (tertiary/aromatic N) is 3. The lowest BCUT2D eigenvalue weighted by molar-refractivity contribution is 0.255. The summed E-state index contributed by atoms with van der Waals surface area (Å²) in [4.78, 5) is 9.69. The van der Waals surface area contributed by atoms with Crippen LogP contribution >= 0.6 is 11.8 Å². The van der Waals surface area contributed by atoms with Gasteiger partial charge in [0.1, 0.15) is 0 Å². The van der Waals surface area contributed by atoms with Gasteiger partial charge in [-0.1, -0.05) is 6.92 Å². The summed E-state index contributed by atoms with van der Waals surface area (Å²) in [7, 11) is 1.92. The summed E-state index contributed by atoms with van der Waals surface area (Å²) in [6.45, 7) is 8.13. The van der Waals surface area contributed by atoms with E-state index >= 15 is 0 Å². The predicted molar refractivity (Wildman–Crippen MR) is 96.8 cm³/mol. The number of hydrogen-bond donors (Lipinski definition) is 1. The minimum atomic E-state index is 0.769. The van der Waals surface area contributed by atoms with Crippen molar-refractivity contribution in [2.24, 2.45) is 10.9 Å². The molecule has 5 heteroatoms. The minimum Gasteiger partial charge on any atom is -0.355 e. The third-order valence-corrected chi connectivity index (χ3v) is 6.41. The smallest absolute Gasteiger partial charge is 0.193 e. The van der Waals surface area contributed by atoms with E-state index in [1.807, 2.05) is 7.05 Å². The lowest BCUT2D eigenvalue weighted by atomic mass is 10.3. The van der Waals surface area contributed by atoms with Crippen LogP contribution in [0.3, 0.4) is 0 Å². The minimum absolute atomic E-state index is 0.769. The highest BCUT2D eigenvalue weighted by Crippen LogP contribution is 2.34. The average Bonchev–Trinajstić information content (AvgIpc) is 3.43. The molecule has 0 radical (unpaired) electrons. The molecule has 126 valence electrons. The molecular formula is C17H32N4S. The molecule has 0 aromatic rings. The van der Waals surface area contributed by atoms with Gasteiger partial charge >= 0.3 is 0 Å². The second-order valence-corrected chi connectivity index (χ2v) is 8.40. The van der Waals surface area contributed by atoms with Gasteiger partial charge in [-0.25, -0.2) is 0 Å². The van der Waals surface area contributed by atoms with Gasteiger partial charge in [0.05, 0.1) is 0 Å². The van der Waals surface area contributed by atoms with E-state index in [2.05, 4.69) is 38.8 Å². The fourth-order valence-electron chi connectivity index (χ4n) is 3.30. The first-order chi connectivity index (χ1) is 10.8. The van der Waals surface area contributed by atoms with Crippen LogP contribution in [0.1, 0.15) is 39.0 Å². The first kappa shape index (κ1) is 16.4. The molecule has 2 saturated carbocycles. The van der Waals surface area contributed by atoms with Crippen LogP contribution in [-0.4, -0.2) is 72.6 Å². The Hall–Kier alpha value is -0.420. The highest BCUT2D eigenvalue weighted by atomic mass is 32.2. The number of thioether (sulfide) groups is 1. The van der Waals surface area contributed by atoms with E-state index in [4.69, 9.17) is 0 Å². The molecule has 3 fully saturated rings. The lowest BCUT2D eigenvalue weighted by Gasteiger charge is -2.34. The maximum absolute atomic E-state index is 4.51. The highest BCUT2D eigenvalue weighted by Gasteiger charge is 2.33. The lowest BCUT2D eigenvalue weighted by Crippen LogP contribution is -2.49. The van der Waals surface area contributed by atoms with Crippen molar-refractivity contribution >= 4 is 17.7 Å². The maximum atomic E-state index is 4.51. The van der Waals surface area contributed by atoms with Gasteiger partial charge in [-0.3, -0.25) is 9.89 Å². The maximum Gasteiger partial charge on any atom is 0.193 e. The van der Waals surface area contributed by atoms with Gasteiger partial charge in [-0.05, 0) is 38.0 Å². The predicted octanol–water partition coefficient (Wildman–Crippen LogP) is 2.26. The van der Waals surface area contributed by atoms with Crippen molar-refractivity contribution in [2.45, 2.75) is 50.3 Å². The normalized spacial score (nSPS) is 26.6. The summed E-state index contributed by atoms with van der Waals surface area (Å²) < 4.78 is 0. The standard InChI is InChI=1S/C17H32N4S/c1-3-16-13-21(10-11-22-16)17(18-2)19-8-9-20(15-6-7-15)12-14-4-5-14/h14-16H,3-13H2,1-2H3,(H,18,19). The van der Waals surface area contributed by atoms with E-state index in [1.165, 1.54) is 50.9 Å². The molecular weight excluding hydrogens is 292 g/mol. The topological polar surface area (TPSA) is 30.9 Å². The SMILES string of the molecule is CCC1CN(C(=NC)NCCN(CC2CC2)C2CC2)CCS1. The number of aliphatic imine (C=N–C) groups is 1. The summed E-state index contributed by atoms with van der Waals surface area (Å²) in [6, 6.07) is 0.889. The van der Waals surface area contributed by atoms with Crippen LogP contribution < -0.4 is 5.32 Å². The Balaban J connectivity index is 1.42. The molecule has 1 saturated heterocycles. The molecule has 0 aromatic heterocycles. The summed E-state index contributed by atoms with van der Waals surface area (Å²) in [5.41, 5.74) is 0. The van der Waals surface area contributed by atoms with Gasteiger partial charge < -0.3 is 10.2 Å². The van der Waals surface area contributed by atoms with Crippen molar-refractivity contribution in [3.8, 4) is 0 Å². The molecule has 0 amide bonds. The van der Waals surface area contributed by atoms with Crippen molar-refractivity contribution in [1.29, 1.82) is 0 Å².